The molecule has 0 unspecified atom stereocenters. The molecule has 1 rings (SSSR count). The molecule has 2 N–H and O–H groups in total. The Hall–Kier alpha value is -0.720. The molecule has 0 radical (unpaired) electrons. The highest BCUT2D eigenvalue weighted by Gasteiger charge is 2.10. The number of unbranched alkanes of at least 4 members (excludes halogenated alkanes) is 3. The minimum absolute atomic E-state index is 0.230. The third-order valence-corrected chi connectivity index (χ3v) is 2.98. The van der Waals surface area contributed by atoms with Gasteiger partial charge in [0.1, 0.15) is 0 Å². The van der Waals surface area contributed by atoms with Crippen LogP contribution in [0.5, 0.6) is 0 Å². The lowest BCUT2D eigenvalue weighted by Gasteiger charge is -2.01. The maximum absolute atomic E-state index is 11.4. The fourth-order valence-corrected chi connectivity index (χ4v) is 1.91. The third-order valence-electron chi connectivity index (χ3n) is 1.97. The molecule has 0 aliphatic heterocycles. The van der Waals surface area contributed by atoms with Crippen molar-refractivity contribution >= 4 is 28.8 Å². The predicted octanol–water partition coefficient (Wildman–Crippen LogP) is 1.47. The first kappa shape index (κ1) is 13.3. The lowest BCUT2D eigenvalue weighted by Crippen LogP contribution is -2.24. The second-order valence-corrected chi connectivity index (χ2v) is 4.81. The molecule has 0 saturated carbocycles. The van der Waals surface area contributed by atoms with Crippen molar-refractivity contribution in [3.05, 3.63) is 9.47 Å². The molecule has 16 heavy (non-hydrogen) atoms. The average Bonchev–Trinajstić information content (AvgIpc) is 2.70. The summed E-state index contributed by atoms with van der Waals surface area (Å²) in [6.45, 7) is 0.844. The van der Waals surface area contributed by atoms with Crippen LogP contribution in [0.2, 0.25) is 4.47 Å². The zero-order chi connectivity index (χ0) is 11.8. The van der Waals surface area contributed by atoms with Crippen LogP contribution in [0.3, 0.4) is 0 Å². The standard InChI is InChI=1S/C9H14ClN3O2S/c10-9-13-12-8(16-9)7(15)11-5-3-1-2-4-6-14/h14H,1-6H2,(H,11,15). The Balaban J connectivity index is 2.11. The molecule has 7 heteroatoms. The van der Waals surface area contributed by atoms with Crippen LogP contribution in [-0.4, -0.2) is 34.4 Å². The number of nitrogens with zero attached hydrogens (tertiary/aromatic N) is 2. The quantitative estimate of drug-likeness (QED) is 0.731. The van der Waals surface area contributed by atoms with E-state index in [0.29, 0.717) is 11.6 Å². The SMILES string of the molecule is O=C(NCCCCCCO)c1nnc(Cl)s1. The first-order valence-corrected chi connectivity index (χ1v) is 6.31. The van der Waals surface area contributed by atoms with E-state index in [2.05, 4.69) is 15.5 Å². The highest BCUT2D eigenvalue weighted by atomic mass is 35.5. The molecule has 0 bridgehead atoms. The summed E-state index contributed by atoms with van der Waals surface area (Å²) in [7, 11) is 0. The molecule has 0 spiro atoms. The predicted molar refractivity (Wildman–Crippen MR) is 62.8 cm³/mol. The van der Waals surface area contributed by atoms with E-state index in [0.717, 1.165) is 37.0 Å². The maximum Gasteiger partial charge on any atom is 0.282 e. The van der Waals surface area contributed by atoms with Crippen LogP contribution in [-0.2, 0) is 0 Å². The topological polar surface area (TPSA) is 75.1 Å². The van der Waals surface area contributed by atoms with E-state index in [1.54, 1.807) is 0 Å². The monoisotopic (exact) mass is 263 g/mol. The van der Waals surface area contributed by atoms with E-state index in [-0.39, 0.29) is 17.0 Å². The van der Waals surface area contributed by atoms with Crippen LogP contribution >= 0.6 is 22.9 Å². The second-order valence-electron chi connectivity index (χ2n) is 3.25. The van der Waals surface area contributed by atoms with E-state index in [1.165, 1.54) is 0 Å². The van der Waals surface area contributed by atoms with Crippen LogP contribution in [0.15, 0.2) is 0 Å². The molecule has 90 valence electrons. The van der Waals surface area contributed by atoms with Gasteiger partial charge < -0.3 is 10.4 Å². The lowest BCUT2D eigenvalue weighted by atomic mass is 10.2. The van der Waals surface area contributed by atoms with Crippen LogP contribution < -0.4 is 5.32 Å². The van der Waals surface area contributed by atoms with Crippen LogP contribution in [0, 0.1) is 0 Å². The Kier molecular flexibility index (Phi) is 6.29. The van der Waals surface area contributed by atoms with Crippen molar-refractivity contribution in [2.24, 2.45) is 0 Å². The fraction of sp³-hybridized carbons (Fsp3) is 0.667. The summed E-state index contributed by atoms with van der Waals surface area (Å²) in [6.07, 6.45) is 3.70. The number of aliphatic hydroxyl groups excluding tert-OH is 1. The number of hydrogen-bond donors (Lipinski definition) is 2. The molecule has 1 amide bonds. The van der Waals surface area contributed by atoms with Gasteiger partial charge in [0.05, 0.1) is 0 Å². The molecule has 1 aromatic rings. The van der Waals surface area contributed by atoms with Gasteiger partial charge in [-0.25, -0.2) is 0 Å². The molecule has 0 aliphatic carbocycles. The van der Waals surface area contributed by atoms with E-state index in [9.17, 15) is 4.79 Å². The van der Waals surface area contributed by atoms with Gasteiger partial charge in [-0.05, 0) is 24.4 Å². The smallest absolute Gasteiger partial charge is 0.282 e. The summed E-state index contributed by atoms with van der Waals surface area (Å²) in [5, 5.41) is 18.8. The Morgan fingerprint density at radius 1 is 1.31 bits per heavy atom. The number of halogens is 1. The minimum atomic E-state index is -0.230. The van der Waals surface area contributed by atoms with Gasteiger partial charge in [-0.2, -0.15) is 0 Å². The lowest BCUT2D eigenvalue weighted by molar-refractivity contribution is 0.0951. The van der Waals surface area contributed by atoms with Crippen molar-refractivity contribution in [1.82, 2.24) is 15.5 Å². The zero-order valence-corrected chi connectivity index (χ0v) is 10.4. The number of hydrogen-bond acceptors (Lipinski definition) is 5. The second kappa shape index (κ2) is 7.54. The van der Waals surface area contributed by atoms with Gasteiger partial charge in [0.25, 0.3) is 5.91 Å². The summed E-state index contributed by atoms with van der Waals surface area (Å²) < 4.78 is 0.271. The molecule has 1 aromatic heterocycles. The molecule has 0 saturated heterocycles. The summed E-state index contributed by atoms with van der Waals surface area (Å²) in [4.78, 5) is 11.4. The molecule has 0 aromatic carbocycles. The number of aromatic nitrogens is 2. The molecular weight excluding hydrogens is 250 g/mol. The number of amides is 1. The van der Waals surface area contributed by atoms with Crippen molar-refractivity contribution in [3.8, 4) is 0 Å². The Morgan fingerprint density at radius 3 is 2.69 bits per heavy atom. The van der Waals surface area contributed by atoms with Crippen LogP contribution in [0.4, 0.5) is 0 Å². The van der Waals surface area contributed by atoms with Crippen LogP contribution in [0.1, 0.15) is 35.5 Å². The molecule has 1 heterocycles. The molecule has 0 fully saturated rings. The molecule has 0 aliphatic rings. The van der Waals surface area contributed by atoms with E-state index < -0.39 is 0 Å². The Labute approximate surface area is 103 Å². The maximum atomic E-state index is 11.4. The number of carbonyl (C=O) groups is 1. The first-order valence-electron chi connectivity index (χ1n) is 5.12. The van der Waals surface area contributed by atoms with Gasteiger partial charge in [-0.1, -0.05) is 24.2 Å². The Bertz CT molecular complexity index is 332. The van der Waals surface area contributed by atoms with E-state index in [1.807, 2.05) is 0 Å². The van der Waals surface area contributed by atoms with Crippen molar-refractivity contribution in [2.75, 3.05) is 13.2 Å². The van der Waals surface area contributed by atoms with E-state index >= 15 is 0 Å². The zero-order valence-electron chi connectivity index (χ0n) is 8.78. The van der Waals surface area contributed by atoms with Crippen molar-refractivity contribution in [1.29, 1.82) is 0 Å². The molecule has 0 atom stereocenters. The van der Waals surface area contributed by atoms with Crippen molar-refractivity contribution in [3.63, 3.8) is 0 Å². The largest absolute Gasteiger partial charge is 0.396 e. The van der Waals surface area contributed by atoms with Gasteiger partial charge in [-0.3, -0.25) is 4.79 Å². The molecule has 5 nitrogen and oxygen atoms in total. The van der Waals surface area contributed by atoms with Gasteiger partial charge in [0, 0.05) is 13.2 Å². The fourth-order valence-electron chi connectivity index (χ4n) is 1.16. The van der Waals surface area contributed by atoms with Gasteiger partial charge in [0.15, 0.2) is 0 Å². The highest BCUT2D eigenvalue weighted by Crippen LogP contribution is 2.14. The van der Waals surface area contributed by atoms with E-state index in [4.69, 9.17) is 16.7 Å². The van der Waals surface area contributed by atoms with Crippen LogP contribution in [0.25, 0.3) is 0 Å². The number of nitrogens with one attached hydrogen (secondary N) is 1. The number of carbonyl (C=O) groups excluding carboxylic acids is 1. The molecular formula is C9H14ClN3O2S. The Morgan fingerprint density at radius 2 is 2.06 bits per heavy atom. The average molecular weight is 264 g/mol. The third kappa shape index (κ3) is 4.87. The summed E-state index contributed by atoms with van der Waals surface area (Å²) in [5.41, 5.74) is 0. The van der Waals surface area contributed by atoms with Gasteiger partial charge in [-0.15, -0.1) is 10.2 Å². The minimum Gasteiger partial charge on any atom is -0.396 e. The number of rotatable bonds is 7. The summed E-state index contributed by atoms with van der Waals surface area (Å²) >= 11 is 6.63. The summed E-state index contributed by atoms with van der Waals surface area (Å²) in [5.74, 6) is -0.230. The summed E-state index contributed by atoms with van der Waals surface area (Å²) in [6, 6.07) is 0. The normalized spacial score (nSPS) is 10.4. The first-order chi connectivity index (χ1) is 7.74. The van der Waals surface area contributed by atoms with Crippen molar-refractivity contribution < 1.29 is 9.90 Å². The number of aliphatic hydroxyl groups is 1. The highest BCUT2D eigenvalue weighted by molar-refractivity contribution is 7.17. The van der Waals surface area contributed by atoms with Crippen molar-refractivity contribution in [2.45, 2.75) is 25.7 Å². The van der Waals surface area contributed by atoms with Gasteiger partial charge in [0.2, 0.25) is 9.47 Å². The van der Waals surface area contributed by atoms with Gasteiger partial charge >= 0.3 is 0 Å².